The van der Waals surface area contributed by atoms with E-state index in [0.29, 0.717) is 17.2 Å². The molecule has 0 radical (unpaired) electrons. The first-order chi connectivity index (χ1) is 6.99. The minimum absolute atomic E-state index is 0.338. The number of anilines is 1. The molecule has 4 nitrogen and oxygen atoms in total. The first-order valence-electron chi connectivity index (χ1n) is 5.10. The van der Waals surface area contributed by atoms with E-state index in [1.807, 2.05) is 24.7 Å². The molecule has 1 rings (SSSR count). The number of rotatable bonds is 3. The summed E-state index contributed by atoms with van der Waals surface area (Å²) in [5, 5.41) is 11.0. The van der Waals surface area contributed by atoms with E-state index >= 15 is 0 Å². The van der Waals surface area contributed by atoms with E-state index in [-0.39, 0.29) is 0 Å². The van der Waals surface area contributed by atoms with Gasteiger partial charge in [0.2, 0.25) is 0 Å². The molecule has 0 saturated heterocycles. The Labute approximate surface area is 96.1 Å². The molecule has 2 N–H and O–H groups in total. The van der Waals surface area contributed by atoms with Crippen LogP contribution >= 0.6 is 12.2 Å². The molecule has 1 aromatic rings. The molecule has 0 unspecified atom stereocenters. The highest BCUT2D eigenvalue weighted by Crippen LogP contribution is 2.09. The van der Waals surface area contributed by atoms with Crippen LogP contribution in [0.25, 0.3) is 0 Å². The van der Waals surface area contributed by atoms with E-state index in [4.69, 9.17) is 12.2 Å². The van der Waals surface area contributed by atoms with Crippen molar-refractivity contribution in [1.82, 2.24) is 15.1 Å². The van der Waals surface area contributed by atoms with Crippen molar-refractivity contribution in [3.8, 4) is 0 Å². The van der Waals surface area contributed by atoms with Crippen LogP contribution in [-0.4, -0.2) is 20.9 Å². The average molecular weight is 226 g/mol. The first-order valence-corrected chi connectivity index (χ1v) is 5.51. The third-order valence-electron chi connectivity index (χ3n) is 1.81. The van der Waals surface area contributed by atoms with Crippen molar-refractivity contribution in [2.75, 3.05) is 5.32 Å². The largest absolute Gasteiger partial charge is 0.360 e. The van der Waals surface area contributed by atoms with Crippen LogP contribution in [0, 0.1) is 0 Å². The predicted octanol–water partition coefficient (Wildman–Crippen LogP) is 2.16. The van der Waals surface area contributed by atoms with Crippen LogP contribution in [0.3, 0.4) is 0 Å². The SMILES string of the molecule is CC(C)NC(=S)Nc1cnn(C(C)C)c1. The van der Waals surface area contributed by atoms with Crippen molar-refractivity contribution < 1.29 is 0 Å². The molecule has 0 aliphatic rings. The third kappa shape index (κ3) is 3.87. The summed E-state index contributed by atoms with van der Waals surface area (Å²) >= 11 is 5.13. The highest BCUT2D eigenvalue weighted by Gasteiger charge is 2.03. The molecule has 5 heteroatoms. The molecule has 0 saturated carbocycles. The van der Waals surface area contributed by atoms with Gasteiger partial charge in [-0.05, 0) is 39.9 Å². The number of hydrogen-bond acceptors (Lipinski definition) is 2. The molecule has 0 atom stereocenters. The maximum Gasteiger partial charge on any atom is 0.171 e. The summed E-state index contributed by atoms with van der Waals surface area (Å²) in [4.78, 5) is 0. The van der Waals surface area contributed by atoms with E-state index in [9.17, 15) is 0 Å². The van der Waals surface area contributed by atoms with Crippen molar-refractivity contribution >= 4 is 23.0 Å². The zero-order chi connectivity index (χ0) is 11.4. The Morgan fingerprint density at radius 3 is 2.53 bits per heavy atom. The molecule has 0 aromatic carbocycles. The summed E-state index contributed by atoms with van der Waals surface area (Å²) in [7, 11) is 0. The minimum Gasteiger partial charge on any atom is -0.360 e. The van der Waals surface area contributed by atoms with Gasteiger partial charge in [-0.3, -0.25) is 4.68 Å². The molecule has 0 aliphatic carbocycles. The molecule has 0 amide bonds. The molecule has 1 aromatic heterocycles. The van der Waals surface area contributed by atoms with Crippen LogP contribution in [0.4, 0.5) is 5.69 Å². The lowest BCUT2D eigenvalue weighted by atomic mass is 10.4. The van der Waals surface area contributed by atoms with Crippen molar-refractivity contribution in [3.05, 3.63) is 12.4 Å². The lowest BCUT2D eigenvalue weighted by molar-refractivity contribution is 0.532. The summed E-state index contributed by atoms with van der Waals surface area (Å²) in [6, 6.07) is 0.706. The van der Waals surface area contributed by atoms with Gasteiger partial charge in [0.25, 0.3) is 0 Å². The molecular formula is C10H18N4S. The van der Waals surface area contributed by atoms with Gasteiger partial charge in [0.15, 0.2) is 5.11 Å². The van der Waals surface area contributed by atoms with Crippen LogP contribution in [0.15, 0.2) is 12.4 Å². The Bertz CT molecular complexity index is 330. The third-order valence-corrected chi connectivity index (χ3v) is 2.03. The summed E-state index contributed by atoms with van der Waals surface area (Å²) in [5.74, 6) is 0. The fraction of sp³-hybridized carbons (Fsp3) is 0.600. The van der Waals surface area contributed by atoms with Crippen molar-refractivity contribution in [2.45, 2.75) is 39.8 Å². The van der Waals surface area contributed by atoms with Crippen LogP contribution in [-0.2, 0) is 0 Å². The van der Waals surface area contributed by atoms with Gasteiger partial charge < -0.3 is 10.6 Å². The second kappa shape index (κ2) is 5.11. The minimum atomic E-state index is 0.338. The highest BCUT2D eigenvalue weighted by atomic mass is 32.1. The zero-order valence-electron chi connectivity index (χ0n) is 9.61. The smallest absolute Gasteiger partial charge is 0.171 e. The number of thiocarbonyl (C=S) groups is 1. The Morgan fingerprint density at radius 2 is 2.07 bits per heavy atom. The summed E-state index contributed by atoms with van der Waals surface area (Å²) in [6.45, 7) is 8.26. The van der Waals surface area contributed by atoms with Gasteiger partial charge in [-0.25, -0.2) is 0 Å². The lowest BCUT2D eigenvalue weighted by Gasteiger charge is -2.11. The molecule has 1 heterocycles. The van der Waals surface area contributed by atoms with Gasteiger partial charge >= 0.3 is 0 Å². The molecule has 0 bridgehead atoms. The van der Waals surface area contributed by atoms with Gasteiger partial charge in [-0.15, -0.1) is 0 Å². The second-order valence-corrected chi connectivity index (χ2v) is 4.46. The van der Waals surface area contributed by atoms with Gasteiger partial charge in [0.05, 0.1) is 11.9 Å². The Kier molecular flexibility index (Phi) is 4.08. The predicted molar refractivity (Wildman–Crippen MR) is 67.1 cm³/mol. The fourth-order valence-electron chi connectivity index (χ4n) is 1.11. The van der Waals surface area contributed by atoms with Crippen molar-refractivity contribution in [3.63, 3.8) is 0 Å². The Balaban J connectivity index is 2.53. The fourth-order valence-corrected chi connectivity index (χ4v) is 1.47. The topological polar surface area (TPSA) is 41.9 Å². The highest BCUT2D eigenvalue weighted by molar-refractivity contribution is 7.80. The van der Waals surface area contributed by atoms with E-state index in [1.165, 1.54) is 0 Å². The van der Waals surface area contributed by atoms with Crippen molar-refractivity contribution in [2.24, 2.45) is 0 Å². The second-order valence-electron chi connectivity index (χ2n) is 4.06. The number of nitrogens with one attached hydrogen (secondary N) is 2. The van der Waals surface area contributed by atoms with Gasteiger partial charge in [0, 0.05) is 18.3 Å². The number of hydrogen-bond donors (Lipinski definition) is 2. The summed E-state index contributed by atoms with van der Waals surface area (Å²) in [6.07, 6.45) is 3.72. The quantitative estimate of drug-likeness (QED) is 0.775. The molecule has 0 fully saturated rings. The Hall–Kier alpha value is -1.10. The average Bonchev–Trinajstić information content (AvgIpc) is 2.50. The van der Waals surface area contributed by atoms with Gasteiger partial charge in [0.1, 0.15) is 0 Å². The normalized spacial score (nSPS) is 10.8. The van der Waals surface area contributed by atoms with E-state index in [0.717, 1.165) is 5.69 Å². The summed E-state index contributed by atoms with van der Waals surface area (Å²) < 4.78 is 1.89. The standard InChI is InChI=1S/C10H18N4S/c1-7(2)12-10(15)13-9-5-11-14(6-9)8(3)4/h5-8H,1-4H3,(H2,12,13,15). The van der Waals surface area contributed by atoms with Crippen LogP contribution in [0.1, 0.15) is 33.7 Å². The lowest BCUT2D eigenvalue weighted by Crippen LogP contribution is -2.33. The monoisotopic (exact) mass is 226 g/mol. The van der Waals surface area contributed by atoms with E-state index < -0.39 is 0 Å². The zero-order valence-corrected chi connectivity index (χ0v) is 10.4. The van der Waals surface area contributed by atoms with Crippen LogP contribution < -0.4 is 10.6 Å². The van der Waals surface area contributed by atoms with E-state index in [1.54, 1.807) is 6.20 Å². The maximum absolute atomic E-state index is 5.13. The number of aromatic nitrogens is 2. The van der Waals surface area contributed by atoms with E-state index in [2.05, 4.69) is 29.6 Å². The maximum atomic E-state index is 5.13. The van der Waals surface area contributed by atoms with Gasteiger partial charge in [-0.1, -0.05) is 0 Å². The molecular weight excluding hydrogens is 208 g/mol. The summed E-state index contributed by atoms with van der Waals surface area (Å²) in [5.41, 5.74) is 0.918. The first kappa shape index (κ1) is 12.0. The van der Waals surface area contributed by atoms with Crippen LogP contribution in [0.2, 0.25) is 0 Å². The number of nitrogens with zero attached hydrogens (tertiary/aromatic N) is 2. The Morgan fingerprint density at radius 1 is 1.40 bits per heavy atom. The molecule has 15 heavy (non-hydrogen) atoms. The van der Waals surface area contributed by atoms with Crippen molar-refractivity contribution in [1.29, 1.82) is 0 Å². The molecule has 0 aliphatic heterocycles. The van der Waals surface area contributed by atoms with Gasteiger partial charge in [-0.2, -0.15) is 5.10 Å². The molecule has 0 spiro atoms. The molecule has 84 valence electrons. The van der Waals surface area contributed by atoms with Crippen LogP contribution in [0.5, 0.6) is 0 Å².